The van der Waals surface area contributed by atoms with Gasteiger partial charge in [-0.1, -0.05) is 25.3 Å². The summed E-state index contributed by atoms with van der Waals surface area (Å²) in [6.07, 6.45) is 4.95. The van der Waals surface area contributed by atoms with Gasteiger partial charge >= 0.3 is 0 Å². The molecule has 2 amide bonds. The fourth-order valence-corrected chi connectivity index (χ4v) is 8.40. The second kappa shape index (κ2) is 12.7. The van der Waals surface area contributed by atoms with Crippen LogP contribution >= 0.6 is 7.92 Å². The average molecular weight is 616 g/mol. The summed E-state index contributed by atoms with van der Waals surface area (Å²) in [7, 11) is 11.5. The van der Waals surface area contributed by atoms with Crippen molar-refractivity contribution in [2.75, 3.05) is 61.9 Å². The van der Waals surface area contributed by atoms with Crippen LogP contribution in [-0.2, 0) is 16.1 Å². The third-order valence-corrected chi connectivity index (χ3v) is 11.0. The highest BCUT2D eigenvalue weighted by Crippen LogP contribution is 2.47. The predicted molar refractivity (Wildman–Crippen MR) is 177 cm³/mol. The minimum Gasteiger partial charge on any atom is -0.378 e. The topological polar surface area (TPSA) is 128 Å². The number of anilines is 2. The Morgan fingerprint density at radius 2 is 1.89 bits per heavy atom. The molecule has 7 rings (SSSR count). The zero-order valence-corrected chi connectivity index (χ0v) is 25.6. The van der Waals surface area contributed by atoms with Crippen LogP contribution in [0.15, 0.2) is 65.7 Å². The highest BCUT2D eigenvalue weighted by molar-refractivity contribution is 7.64. The Morgan fingerprint density at radius 1 is 1.07 bits per heavy atom. The molecule has 2 fully saturated rings. The SMILES string of the molecule is [B]C1=C([B])P2CCN(Cc3ccnc(C(=O)Nc4ccc(-c5cc6c(N7CCOCC7)ncnc6[nH]5)cc4)c3)CC(C2)NC1=O. The largest absolute Gasteiger partial charge is 0.378 e. The van der Waals surface area contributed by atoms with Gasteiger partial charge in [0, 0.05) is 56.3 Å². The number of pyridine rings is 1. The van der Waals surface area contributed by atoms with Crippen molar-refractivity contribution in [3.63, 3.8) is 0 Å². The highest BCUT2D eigenvalue weighted by atomic mass is 31.1. The van der Waals surface area contributed by atoms with Crippen molar-refractivity contribution in [3.8, 4) is 11.3 Å². The van der Waals surface area contributed by atoms with Crippen LogP contribution in [-0.4, -0.2) is 110 Å². The van der Waals surface area contributed by atoms with Crippen LogP contribution in [0.5, 0.6) is 0 Å². The zero-order valence-electron chi connectivity index (χ0n) is 24.7. The molecule has 0 aliphatic carbocycles. The Labute approximate surface area is 264 Å². The number of hydrogen-bond donors (Lipinski definition) is 3. The van der Waals surface area contributed by atoms with Crippen LogP contribution in [0.25, 0.3) is 22.3 Å². The van der Waals surface area contributed by atoms with E-state index in [0.717, 1.165) is 65.6 Å². The summed E-state index contributed by atoms with van der Waals surface area (Å²) < 4.78 is 5.49. The first kappa shape index (κ1) is 29.6. The minimum atomic E-state index is -0.659. The number of aromatic amines is 1. The van der Waals surface area contributed by atoms with Crippen molar-refractivity contribution in [1.29, 1.82) is 0 Å². The van der Waals surface area contributed by atoms with Gasteiger partial charge in [-0.2, -0.15) is 0 Å². The number of nitrogens with zero attached hydrogens (tertiary/aromatic N) is 5. The lowest BCUT2D eigenvalue weighted by atomic mass is 9.88. The Hall–Kier alpha value is -4.05. The number of ether oxygens (including phenoxy) is 1. The maximum atomic E-state index is 13.2. The van der Waals surface area contributed by atoms with Gasteiger partial charge in [0.2, 0.25) is 5.91 Å². The molecule has 2 atom stereocenters. The molecule has 3 aromatic heterocycles. The highest BCUT2D eigenvalue weighted by Gasteiger charge is 2.30. The first-order valence-electron chi connectivity index (χ1n) is 15.0. The number of rotatable bonds is 6. The quantitative estimate of drug-likeness (QED) is 0.223. The van der Waals surface area contributed by atoms with Crippen LogP contribution in [0.4, 0.5) is 11.5 Å². The van der Waals surface area contributed by atoms with E-state index >= 15 is 0 Å². The third-order valence-electron chi connectivity index (χ3n) is 8.43. The van der Waals surface area contributed by atoms with Crippen LogP contribution in [0.1, 0.15) is 16.1 Å². The molecule has 1 aromatic carbocycles. The molecule has 2 bridgehead atoms. The van der Waals surface area contributed by atoms with Crippen LogP contribution in [0.3, 0.4) is 0 Å². The lowest BCUT2D eigenvalue weighted by molar-refractivity contribution is -0.117. The van der Waals surface area contributed by atoms with Crippen molar-refractivity contribution in [3.05, 3.63) is 76.9 Å². The lowest BCUT2D eigenvalue weighted by Crippen LogP contribution is -2.44. The van der Waals surface area contributed by atoms with Gasteiger partial charge < -0.3 is 25.3 Å². The average Bonchev–Trinajstić information content (AvgIpc) is 3.37. The van der Waals surface area contributed by atoms with Gasteiger partial charge in [-0.15, -0.1) is 0 Å². The van der Waals surface area contributed by atoms with Crippen LogP contribution < -0.4 is 15.5 Å². The fraction of sp³-hybridized carbons (Fsp3) is 0.323. The molecule has 2 saturated heterocycles. The molecule has 45 heavy (non-hydrogen) atoms. The van der Waals surface area contributed by atoms with E-state index in [1.165, 1.54) is 0 Å². The fourth-order valence-electron chi connectivity index (χ4n) is 6.08. The Morgan fingerprint density at radius 3 is 2.71 bits per heavy atom. The maximum absolute atomic E-state index is 13.2. The van der Waals surface area contributed by atoms with E-state index in [1.807, 2.05) is 36.4 Å². The normalized spacial score (nSPS) is 20.9. The molecule has 3 aliphatic rings. The number of aromatic nitrogens is 4. The number of nitrogens with one attached hydrogen (secondary N) is 3. The van der Waals surface area contributed by atoms with E-state index < -0.39 is 7.92 Å². The molecule has 2 unspecified atom stereocenters. The second-order valence-electron chi connectivity index (χ2n) is 11.5. The molecule has 3 N–H and O–H groups in total. The summed E-state index contributed by atoms with van der Waals surface area (Å²) in [5.41, 5.74) is 4.81. The van der Waals surface area contributed by atoms with Gasteiger partial charge in [-0.05, 0) is 59.3 Å². The number of fused-ring (bicyclic) bond motifs is 3. The Kier molecular flexibility index (Phi) is 8.40. The standard InChI is InChI=1S/C31H31B2N8O3P/c32-26-27(33)45-12-9-40(16-22(17-45)38-31(26)43)15-19-5-6-34-25(13-19)30(42)37-21-3-1-20(2-4-21)24-14-23-28(39-24)35-18-36-29(23)41-7-10-44-11-8-41/h1-6,13-14,18,22H,7-12,15-17H2,(H,37,42)(H,38,43)(H,35,36,39). The monoisotopic (exact) mass is 616 g/mol. The summed E-state index contributed by atoms with van der Waals surface area (Å²) in [6, 6.07) is 13.5. The first-order valence-corrected chi connectivity index (χ1v) is 16.7. The molecule has 0 spiro atoms. The Bertz CT molecular complexity index is 1780. The molecule has 6 heterocycles. The van der Waals surface area contributed by atoms with E-state index in [-0.39, 0.29) is 23.3 Å². The van der Waals surface area contributed by atoms with Crippen molar-refractivity contribution >= 4 is 58.0 Å². The number of carbonyl (C=O) groups is 2. The molecule has 224 valence electrons. The molecule has 4 aromatic rings. The van der Waals surface area contributed by atoms with Crippen molar-refractivity contribution in [1.82, 2.24) is 30.2 Å². The summed E-state index contributed by atoms with van der Waals surface area (Å²) >= 11 is 0. The lowest BCUT2D eigenvalue weighted by Gasteiger charge is -2.27. The van der Waals surface area contributed by atoms with E-state index in [4.69, 9.17) is 20.4 Å². The molecule has 11 nitrogen and oxygen atoms in total. The number of amides is 2. The molecule has 14 heteroatoms. The van der Waals surface area contributed by atoms with E-state index in [1.54, 1.807) is 12.5 Å². The summed E-state index contributed by atoms with van der Waals surface area (Å²) in [5.74, 6) is 0.333. The van der Waals surface area contributed by atoms with Crippen LogP contribution in [0, 0.1) is 0 Å². The third kappa shape index (κ3) is 6.38. The number of carbonyl (C=O) groups excluding carboxylic acids is 2. The second-order valence-corrected chi connectivity index (χ2v) is 13.8. The van der Waals surface area contributed by atoms with Gasteiger partial charge in [0.15, 0.2) is 0 Å². The molecular formula is C31H31B2N8O3P. The summed E-state index contributed by atoms with van der Waals surface area (Å²) in [4.78, 5) is 46.7. The molecule has 3 aliphatic heterocycles. The van der Waals surface area contributed by atoms with Crippen molar-refractivity contribution in [2.45, 2.75) is 12.6 Å². The van der Waals surface area contributed by atoms with Crippen molar-refractivity contribution < 1.29 is 14.3 Å². The van der Waals surface area contributed by atoms with E-state index in [2.05, 4.69) is 46.4 Å². The van der Waals surface area contributed by atoms with Gasteiger partial charge in [0.05, 0.1) is 18.6 Å². The maximum Gasteiger partial charge on any atom is 0.274 e. The first-order chi connectivity index (χ1) is 21.9. The minimum absolute atomic E-state index is 0.0117. The summed E-state index contributed by atoms with van der Waals surface area (Å²) in [5, 5.41) is 7.51. The molecule has 4 radical (unpaired) electrons. The van der Waals surface area contributed by atoms with Crippen molar-refractivity contribution in [2.24, 2.45) is 0 Å². The van der Waals surface area contributed by atoms with E-state index in [9.17, 15) is 9.59 Å². The van der Waals surface area contributed by atoms with E-state index in [0.29, 0.717) is 42.9 Å². The smallest absolute Gasteiger partial charge is 0.274 e. The van der Waals surface area contributed by atoms with Gasteiger partial charge in [0.1, 0.15) is 39.2 Å². The number of morpholine rings is 1. The molecular weight excluding hydrogens is 585 g/mol. The van der Waals surface area contributed by atoms with Gasteiger partial charge in [-0.3, -0.25) is 19.5 Å². The zero-order chi connectivity index (χ0) is 30.9. The predicted octanol–water partition coefficient (Wildman–Crippen LogP) is 2.41. The number of benzene rings is 1. The Balaban J connectivity index is 1.01. The van der Waals surface area contributed by atoms with Gasteiger partial charge in [-0.25, -0.2) is 9.97 Å². The number of hydrogen-bond acceptors (Lipinski definition) is 8. The van der Waals surface area contributed by atoms with Crippen LogP contribution in [0.2, 0.25) is 0 Å². The summed E-state index contributed by atoms with van der Waals surface area (Å²) in [6.45, 7) is 5.11. The molecule has 0 saturated carbocycles. The van der Waals surface area contributed by atoms with Gasteiger partial charge in [0.25, 0.3) is 5.91 Å². The number of H-pyrrole nitrogens is 1.